The number of benzene rings is 1. The van der Waals surface area contributed by atoms with Gasteiger partial charge in [-0.25, -0.2) is 4.98 Å². The van der Waals surface area contributed by atoms with Gasteiger partial charge < -0.3 is 10.1 Å². The smallest absolute Gasteiger partial charge is 0.269 e. The summed E-state index contributed by atoms with van der Waals surface area (Å²) in [6.45, 7) is 5.25. The highest BCUT2D eigenvalue weighted by Gasteiger charge is 2.31. The molecular formula is C16H16Cl2N2O2. The Bertz CT molecular complexity index is 685. The van der Waals surface area contributed by atoms with Crippen LogP contribution in [0, 0.1) is 6.92 Å². The predicted molar refractivity (Wildman–Crippen MR) is 88.8 cm³/mol. The molecule has 0 bridgehead atoms. The fraction of sp³-hybridized carbons (Fsp3) is 0.250. The van der Waals surface area contributed by atoms with Gasteiger partial charge in [-0.1, -0.05) is 29.3 Å². The van der Waals surface area contributed by atoms with Gasteiger partial charge in [0, 0.05) is 6.20 Å². The lowest BCUT2D eigenvalue weighted by molar-refractivity contribution is -0.128. The standard InChI is InChI=1S/C16H16Cl2N2O2/c1-10-4-6-12(18)13(8-10)22-16(2,3)15(21)20-14-7-5-11(17)9-19-14/h4-9H,1-3H3,(H,19,20,21). The van der Waals surface area contributed by atoms with Gasteiger partial charge >= 0.3 is 0 Å². The number of aromatic nitrogens is 1. The second-order valence-corrected chi connectivity index (χ2v) is 6.21. The maximum atomic E-state index is 12.4. The van der Waals surface area contributed by atoms with Crippen molar-refractivity contribution in [2.75, 3.05) is 5.32 Å². The number of anilines is 1. The van der Waals surface area contributed by atoms with E-state index in [2.05, 4.69) is 10.3 Å². The molecule has 2 rings (SSSR count). The van der Waals surface area contributed by atoms with Gasteiger partial charge in [0.15, 0.2) is 5.60 Å². The van der Waals surface area contributed by atoms with E-state index >= 15 is 0 Å². The Labute approximate surface area is 139 Å². The zero-order valence-corrected chi connectivity index (χ0v) is 14.0. The van der Waals surface area contributed by atoms with Crippen molar-refractivity contribution in [1.82, 2.24) is 4.98 Å². The average molecular weight is 339 g/mol. The molecule has 1 aromatic carbocycles. The van der Waals surface area contributed by atoms with Crippen molar-refractivity contribution in [2.45, 2.75) is 26.4 Å². The maximum Gasteiger partial charge on any atom is 0.269 e. The molecule has 4 nitrogen and oxygen atoms in total. The lowest BCUT2D eigenvalue weighted by Crippen LogP contribution is -2.42. The number of nitrogens with zero attached hydrogens (tertiary/aromatic N) is 1. The number of pyridine rings is 1. The van der Waals surface area contributed by atoms with Gasteiger partial charge in [-0.2, -0.15) is 0 Å². The third kappa shape index (κ3) is 4.12. The molecule has 116 valence electrons. The fourth-order valence-corrected chi connectivity index (χ4v) is 1.99. The second-order valence-electron chi connectivity index (χ2n) is 5.36. The third-order valence-corrected chi connectivity index (χ3v) is 3.50. The molecule has 1 amide bonds. The number of hydrogen-bond donors (Lipinski definition) is 1. The molecule has 6 heteroatoms. The van der Waals surface area contributed by atoms with E-state index < -0.39 is 5.60 Å². The number of halogens is 2. The summed E-state index contributed by atoms with van der Waals surface area (Å²) in [6, 6.07) is 8.67. The third-order valence-electron chi connectivity index (χ3n) is 2.97. The molecule has 0 aliphatic rings. The monoisotopic (exact) mass is 338 g/mol. The predicted octanol–water partition coefficient (Wildman–Crippen LogP) is 4.49. The summed E-state index contributed by atoms with van der Waals surface area (Å²) in [6.07, 6.45) is 1.46. The number of carbonyl (C=O) groups excluding carboxylic acids is 1. The van der Waals surface area contributed by atoms with Crippen molar-refractivity contribution >= 4 is 34.9 Å². The lowest BCUT2D eigenvalue weighted by atomic mass is 10.1. The highest BCUT2D eigenvalue weighted by atomic mass is 35.5. The van der Waals surface area contributed by atoms with Gasteiger partial charge in [0.2, 0.25) is 0 Å². The van der Waals surface area contributed by atoms with Gasteiger partial charge in [0.25, 0.3) is 5.91 Å². The largest absolute Gasteiger partial charge is 0.476 e. The number of amides is 1. The molecule has 0 aliphatic carbocycles. The topological polar surface area (TPSA) is 51.2 Å². The summed E-state index contributed by atoms with van der Waals surface area (Å²) < 4.78 is 5.77. The summed E-state index contributed by atoms with van der Waals surface area (Å²) in [4.78, 5) is 16.4. The van der Waals surface area contributed by atoms with E-state index in [0.717, 1.165) is 5.56 Å². The van der Waals surface area contributed by atoms with Gasteiger partial charge in [-0.15, -0.1) is 0 Å². The number of hydrogen-bond acceptors (Lipinski definition) is 3. The zero-order valence-electron chi connectivity index (χ0n) is 12.5. The van der Waals surface area contributed by atoms with Crippen LogP contribution < -0.4 is 10.1 Å². The molecule has 22 heavy (non-hydrogen) atoms. The minimum Gasteiger partial charge on any atom is -0.476 e. The quantitative estimate of drug-likeness (QED) is 0.893. The normalized spacial score (nSPS) is 11.1. The molecule has 0 saturated carbocycles. The molecule has 0 atom stereocenters. The summed E-state index contributed by atoms with van der Waals surface area (Å²) in [5, 5.41) is 3.64. The molecule has 1 N–H and O–H groups in total. The van der Waals surface area contributed by atoms with Crippen LogP contribution in [0.3, 0.4) is 0 Å². The van der Waals surface area contributed by atoms with Crippen LogP contribution in [0.4, 0.5) is 5.82 Å². The average Bonchev–Trinajstić information content (AvgIpc) is 2.45. The Morgan fingerprint density at radius 1 is 1.23 bits per heavy atom. The summed E-state index contributed by atoms with van der Waals surface area (Å²) >= 11 is 11.9. The van der Waals surface area contributed by atoms with Crippen molar-refractivity contribution in [2.24, 2.45) is 0 Å². The SMILES string of the molecule is Cc1ccc(Cl)c(OC(C)(C)C(=O)Nc2ccc(Cl)cn2)c1. The number of ether oxygens (including phenoxy) is 1. The van der Waals surface area contributed by atoms with Gasteiger partial charge in [0.05, 0.1) is 10.0 Å². The van der Waals surface area contributed by atoms with Crippen LogP contribution in [-0.4, -0.2) is 16.5 Å². The Morgan fingerprint density at radius 2 is 1.95 bits per heavy atom. The molecular weight excluding hydrogens is 323 g/mol. The van der Waals surface area contributed by atoms with Crippen molar-refractivity contribution < 1.29 is 9.53 Å². The van der Waals surface area contributed by atoms with Crippen LogP contribution in [0.1, 0.15) is 19.4 Å². The van der Waals surface area contributed by atoms with Crippen molar-refractivity contribution in [3.05, 3.63) is 52.1 Å². The van der Waals surface area contributed by atoms with Gasteiger partial charge in [-0.3, -0.25) is 4.79 Å². The first-order valence-electron chi connectivity index (χ1n) is 6.66. The van der Waals surface area contributed by atoms with Crippen molar-refractivity contribution in [1.29, 1.82) is 0 Å². The highest BCUT2D eigenvalue weighted by Crippen LogP contribution is 2.29. The fourth-order valence-electron chi connectivity index (χ4n) is 1.73. The Kier molecular flexibility index (Phi) is 4.94. The minimum absolute atomic E-state index is 0.333. The molecule has 0 aliphatic heterocycles. The Hall–Kier alpha value is -1.78. The zero-order chi connectivity index (χ0) is 16.3. The van der Waals surface area contributed by atoms with Crippen LogP contribution >= 0.6 is 23.2 Å². The summed E-state index contributed by atoms with van der Waals surface area (Å²) in [5.41, 5.74) is -0.117. The van der Waals surface area contributed by atoms with E-state index in [0.29, 0.717) is 21.6 Å². The first kappa shape index (κ1) is 16.6. The molecule has 2 aromatic rings. The van der Waals surface area contributed by atoms with Crippen LogP contribution in [0.25, 0.3) is 0 Å². The summed E-state index contributed by atoms with van der Waals surface area (Å²) in [7, 11) is 0. The minimum atomic E-state index is -1.11. The number of carbonyl (C=O) groups is 1. The van der Waals surface area contributed by atoms with E-state index in [9.17, 15) is 4.79 Å². The van der Waals surface area contributed by atoms with E-state index in [-0.39, 0.29) is 5.91 Å². The van der Waals surface area contributed by atoms with E-state index in [1.807, 2.05) is 13.0 Å². The van der Waals surface area contributed by atoms with Crippen LogP contribution in [-0.2, 0) is 4.79 Å². The first-order valence-corrected chi connectivity index (χ1v) is 7.42. The molecule has 0 fully saturated rings. The van der Waals surface area contributed by atoms with Gasteiger partial charge in [0.1, 0.15) is 11.6 Å². The molecule has 0 saturated heterocycles. The molecule has 0 radical (unpaired) electrons. The number of aryl methyl sites for hydroxylation is 1. The van der Waals surface area contributed by atoms with Crippen LogP contribution in [0.2, 0.25) is 10.0 Å². The summed E-state index contributed by atoms with van der Waals surface area (Å²) in [5.74, 6) is 0.534. The molecule has 0 spiro atoms. The van der Waals surface area contributed by atoms with Crippen molar-refractivity contribution in [3.63, 3.8) is 0 Å². The number of nitrogens with one attached hydrogen (secondary N) is 1. The van der Waals surface area contributed by atoms with E-state index in [4.69, 9.17) is 27.9 Å². The van der Waals surface area contributed by atoms with Gasteiger partial charge in [-0.05, 0) is 50.6 Å². The molecule has 1 heterocycles. The van der Waals surface area contributed by atoms with Crippen LogP contribution in [0.5, 0.6) is 5.75 Å². The lowest BCUT2D eigenvalue weighted by Gasteiger charge is -2.25. The van der Waals surface area contributed by atoms with E-state index in [1.54, 1.807) is 38.1 Å². The number of rotatable bonds is 4. The maximum absolute atomic E-state index is 12.4. The van der Waals surface area contributed by atoms with E-state index in [1.165, 1.54) is 6.20 Å². The highest BCUT2D eigenvalue weighted by molar-refractivity contribution is 6.32. The molecule has 0 unspecified atom stereocenters. The first-order chi connectivity index (χ1) is 10.3. The van der Waals surface area contributed by atoms with Crippen LogP contribution in [0.15, 0.2) is 36.5 Å². The Balaban J connectivity index is 2.13. The Morgan fingerprint density at radius 3 is 2.59 bits per heavy atom. The molecule has 1 aromatic heterocycles. The second kappa shape index (κ2) is 6.55. The van der Waals surface area contributed by atoms with Crippen molar-refractivity contribution in [3.8, 4) is 5.75 Å².